The summed E-state index contributed by atoms with van der Waals surface area (Å²) < 4.78 is 0. The zero-order valence-electron chi connectivity index (χ0n) is 14.4. The fourth-order valence-corrected chi connectivity index (χ4v) is 4.00. The summed E-state index contributed by atoms with van der Waals surface area (Å²) in [5.74, 6) is 0.761. The van der Waals surface area contributed by atoms with Crippen molar-refractivity contribution in [2.24, 2.45) is 11.8 Å². The minimum atomic E-state index is 0.153. The topological polar surface area (TPSA) is 56.7 Å². The van der Waals surface area contributed by atoms with E-state index in [1.807, 2.05) is 17.0 Å². The van der Waals surface area contributed by atoms with E-state index in [1.54, 1.807) is 12.4 Å². The molecule has 1 amide bonds. The number of carbonyl (C=O) groups excluding carboxylic acids is 1. The number of aliphatic hydroxyl groups is 1. The molecule has 2 aliphatic rings. The smallest absolute Gasteiger partial charge is 0.227 e. The molecular weight excluding hydrogens is 302 g/mol. The molecule has 0 bridgehead atoms. The number of hydrogen-bond acceptors (Lipinski definition) is 4. The van der Waals surface area contributed by atoms with Crippen molar-refractivity contribution in [3.63, 3.8) is 0 Å². The number of likely N-dealkylation sites (tertiary alicyclic amines) is 2. The number of pyridine rings is 1. The first kappa shape index (κ1) is 17.4. The summed E-state index contributed by atoms with van der Waals surface area (Å²) in [6.45, 7) is 4.99. The second-order valence-corrected chi connectivity index (χ2v) is 7.25. The van der Waals surface area contributed by atoms with Crippen LogP contribution in [0.5, 0.6) is 0 Å². The second-order valence-electron chi connectivity index (χ2n) is 7.25. The van der Waals surface area contributed by atoms with Crippen molar-refractivity contribution in [3.05, 3.63) is 30.1 Å². The third-order valence-electron chi connectivity index (χ3n) is 5.43. The highest BCUT2D eigenvalue weighted by Gasteiger charge is 2.35. The molecular formula is C19H29N3O2. The van der Waals surface area contributed by atoms with Gasteiger partial charge in [0.1, 0.15) is 0 Å². The quantitative estimate of drug-likeness (QED) is 0.890. The highest BCUT2D eigenvalue weighted by atomic mass is 16.3. The van der Waals surface area contributed by atoms with Crippen LogP contribution in [0.1, 0.15) is 31.2 Å². The minimum absolute atomic E-state index is 0.153. The van der Waals surface area contributed by atoms with E-state index < -0.39 is 0 Å². The third kappa shape index (κ3) is 4.54. The van der Waals surface area contributed by atoms with Gasteiger partial charge in [0, 0.05) is 44.6 Å². The van der Waals surface area contributed by atoms with Gasteiger partial charge in [-0.25, -0.2) is 0 Å². The molecule has 5 nitrogen and oxygen atoms in total. The van der Waals surface area contributed by atoms with Crippen molar-refractivity contribution in [3.8, 4) is 0 Å². The molecule has 3 rings (SSSR count). The Hall–Kier alpha value is -1.46. The molecule has 2 saturated heterocycles. The van der Waals surface area contributed by atoms with Crippen LogP contribution in [0.4, 0.5) is 0 Å². The van der Waals surface area contributed by atoms with Crippen molar-refractivity contribution in [2.75, 3.05) is 39.3 Å². The van der Waals surface area contributed by atoms with Gasteiger partial charge in [-0.1, -0.05) is 18.9 Å². The zero-order valence-corrected chi connectivity index (χ0v) is 14.4. The third-order valence-corrected chi connectivity index (χ3v) is 5.43. The Kier molecular flexibility index (Phi) is 6.21. The largest absolute Gasteiger partial charge is 0.396 e. The molecule has 0 spiro atoms. The number of hydrogen-bond donors (Lipinski definition) is 1. The molecule has 1 aromatic rings. The van der Waals surface area contributed by atoms with Crippen LogP contribution in [-0.2, 0) is 11.2 Å². The molecule has 0 aromatic carbocycles. The molecule has 0 radical (unpaired) electrons. The molecule has 2 atom stereocenters. The van der Waals surface area contributed by atoms with E-state index in [4.69, 9.17) is 0 Å². The first-order valence-corrected chi connectivity index (χ1v) is 9.26. The van der Waals surface area contributed by atoms with Gasteiger partial charge in [0.05, 0.1) is 6.42 Å². The van der Waals surface area contributed by atoms with Crippen molar-refractivity contribution < 1.29 is 9.90 Å². The lowest BCUT2D eigenvalue weighted by atomic mass is 9.96. The van der Waals surface area contributed by atoms with E-state index in [2.05, 4.69) is 9.88 Å². The standard InChI is InChI=1S/C19H29N3O2/c23-15-18-14-22(19(24)10-16-6-5-7-20-11-16)13-17(18)12-21-8-3-1-2-4-9-21/h5-7,11,17-18,23H,1-4,8-10,12-15H2/t17-,18-/m0/s1. The first-order chi connectivity index (χ1) is 11.8. The molecule has 0 aliphatic carbocycles. The summed E-state index contributed by atoms with van der Waals surface area (Å²) in [7, 11) is 0. The Morgan fingerprint density at radius 3 is 2.58 bits per heavy atom. The summed E-state index contributed by atoms with van der Waals surface area (Å²) >= 11 is 0. The second kappa shape index (κ2) is 8.58. The maximum Gasteiger partial charge on any atom is 0.227 e. The van der Waals surface area contributed by atoms with E-state index >= 15 is 0 Å². The Balaban J connectivity index is 1.56. The van der Waals surface area contributed by atoms with E-state index in [9.17, 15) is 9.90 Å². The summed E-state index contributed by atoms with van der Waals surface area (Å²) in [5, 5.41) is 9.74. The van der Waals surface area contributed by atoms with Gasteiger partial charge in [0.25, 0.3) is 0 Å². The average molecular weight is 331 g/mol. The van der Waals surface area contributed by atoms with Gasteiger partial charge in [-0.3, -0.25) is 9.78 Å². The highest BCUT2D eigenvalue weighted by molar-refractivity contribution is 5.79. The number of aromatic nitrogens is 1. The van der Waals surface area contributed by atoms with Crippen molar-refractivity contribution in [1.82, 2.24) is 14.8 Å². The lowest BCUT2D eigenvalue weighted by Crippen LogP contribution is -2.35. The zero-order chi connectivity index (χ0) is 16.8. The number of nitrogens with zero attached hydrogens (tertiary/aromatic N) is 3. The van der Waals surface area contributed by atoms with Gasteiger partial charge in [-0.15, -0.1) is 0 Å². The molecule has 2 fully saturated rings. The minimum Gasteiger partial charge on any atom is -0.396 e. The van der Waals surface area contributed by atoms with Gasteiger partial charge in [-0.05, 0) is 43.5 Å². The maximum atomic E-state index is 12.6. The molecule has 24 heavy (non-hydrogen) atoms. The lowest BCUT2D eigenvalue weighted by Gasteiger charge is -2.26. The average Bonchev–Trinajstić information content (AvgIpc) is 2.83. The highest BCUT2D eigenvalue weighted by Crippen LogP contribution is 2.25. The van der Waals surface area contributed by atoms with Crippen molar-refractivity contribution in [1.29, 1.82) is 0 Å². The molecule has 0 saturated carbocycles. The Morgan fingerprint density at radius 1 is 1.17 bits per heavy atom. The van der Waals surface area contributed by atoms with Crippen LogP contribution in [0.3, 0.4) is 0 Å². The fraction of sp³-hybridized carbons (Fsp3) is 0.684. The van der Waals surface area contributed by atoms with E-state index in [0.29, 0.717) is 18.9 Å². The van der Waals surface area contributed by atoms with Crippen LogP contribution in [0, 0.1) is 11.8 Å². The number of rotatable bonds is 5. The normalized spacial score (nSPS) is 25.6. The molecule has 0 unspecified atom stereocenters. The van der Waals surface area contributed by atoms with Crippen LogP contribution in [0.15, 0.2) is 24.5 Å². The molecule has 1 aromatic heterocycles. The summed E-state index contributed by atoms with van der Waals surface area (Å²) in [6, 6.07) is 3.81. The molecule has 2 aliphatic heterocycles. The number of amides is 1. The molecule has 3 heterocycles. The van der Waals surface area contributed by atoms with Crippen LogP contribution in [0.25, 0.3) is 0 Å². The van der Waals surface area contributed by atoms with Crippen LogP contribution in [0.2, 0.25) is 0 Å². The van der Waals surface area contributed by atoms with Crippen molar-refractivity contribution >= 4 is 5.91 Å². The van der Waals surface area contributed by atoms with E-state index in [-0.39, 0.29) is 18.4 Å². The maximum absolute atomic E-state index is 12.6. The van der Waals surface area contributed by atoms with E-state index in [0.717, 1.165) is 31.7 Å². The van der Waals surface area contributed by atoms with Gasteiger partial charge in [0.2, 0.25) is 5.91 Å². The Morgan fingerprint density at radius 2 is 1.92 bits per heavy atom. The first-order valence-electron chi connectivity index (χ1n) is 9.26. The van der Waals surface area contributed by atoms with Gasteiger partial charge < -0.3 is 14.9 Å². The number of aliphatic hydroxyl groups excluding tert-OH is 1. The van der Waals surface area contributed by atoms with Crippen LogP contribution < -0.4 is 0 Å². The predicted octanol–water partition coefficient (Wildman–Crippen LogP) is 1.57. The molecule has 5 heteroatoms. The SMILES string of the molecule is O=C(Cc1cccnc1)N1C[C@@H](CO)[C@@H](CN2CCCCCC2)C1. The predicted molar refractivity (Wildman–Crippen MR) is 93.5 cm³/mol. The lowest BCUT2D eigenvalue weighted by molar-refractivity contribution is -0.129. The van der Waals surface area contributed by atoms with Crippen LogP contribution in [-0.4, -0.2) is 65.1 Å². The van der Waals surface area contributed by atoms with E-state index in [1.165, 1.54) is 25.7 Å². The van der Waals surface area contributed by atoms with Gasteiger partial charge in [-0.2, -0.15) is 0 Å². The Labute approximate surface area is 144 Å². The summed E-state index contributed by atoms with van der Waals surface area (Å²) in [5.41, 5.74) is 0.957. The number of carbonyl (C=O) groups is 1. The monoisotopic (exact) mass is 331 g/mol. The molecule has 132 valence electrons. The fourth-order valence-electron chi connectivity index (χ4n) is 4.00. The summed E-state index contributed by atoms with van der Waals surface area (Å²) in [6.07, 6.45) is 9.11. The van der Waals surface area contributed by atoms with Crippen LogP contribution >= 0.6 is 0 Å². The summed E-state index contributed by atoms with van der Waals surface area (Å²) in [4.78, 5) is 21.1. The molecule has 1 N–H and O–H groups in total. The van der Waals surface area contributed by atoms with Crippen molar-refractivity contribution in [2.45, 2.75) is 32.1 Å². The van der Waals surface area contributed by atoms with Gasteiger partial charge in [0.15, 0.2) is 0 Å². The Bertz CT molecular complexity index is 515. The van der Waals surface area contributed by atoms with Gasteiger partial charge >= 0.3 is 0 Å².